The minimum atomic E-state index is 0. The molecule has 1 fully saturated rings. The van der Waals surface area contributed by atoms with Gasteiger partial charge in [0.05, 0.1) is 0 Å². The van der Waals surface area contributed by atoms with Crippen LogP contribution in [-0.4, -0.2) is 23.1 Å². The molecule has 0 nitrogen and oxygen atoms in total. The first-order chi connectivity index (χ1) is 4.61. The van der Waals surface area contributed by atoms with Crippen molar-refractivity contribution in [1.82, 2.24) is 0 Å². The van der Waals surface area contributed by atoms with E-state index < -0.39 is 0 Å². The van der Waals surface area contributed by atoms with E-state index in [1.807, 2.05) is 0 Å². The molecule has 1 heteroatoms. The summed E-state index contributed by atoms with van der Waals surface area (Å²) in [5, 5.41) is 0. The predicted octanol–water partition coefficient (Wildman–Crippen LogP) is 3.46. The van der Waals surface area contributed by atoms with Crippen molar-refractivity contribution in [3.05, 3.63) is 0 Å². The summed E-state index contributed by atoms with van der Waals surface area (Å²) in [6.45, 7) is 7.13. The Morgan fingerprint density at radius 3 is 1.73 bits per heavy atom. The van der Waals surface area contributed by atoms with E-state index >= 15 is 0 Å². The van der Waals surface area contributed by atoms with Crippen molar-refractivity contribution in [3.8, 4) is 0 Å². The van der Waals surface area contributed by atoms with Crippen LogP contribution < -0.4 is 0 Å². The van der Waals surface area contributed by atoms with Gasteiger partial charge in [0.1, 0.15) is 0 Å². The molecule has 1 rings (SSSR count). The van der Waals surface area contributed by atoms with Gasteiger partial charge in [-0.25, -0.2) is 0 Å². The molecule has 0 spiro atoms. The summed E-state index contributed by atoms with van der Waals surface area (Å²) in [6, 6.07) is 0. The van der Waals surface area contributed by atoms with E-state index in [-0.39, 0.29) is 25.9 Å². The minimum Gasteiger partial charge on any atom is -1.00 e. The zero-order valence-corrected chi connectivity index (χ0v) is 9.73. The summed E-state index contributed by atoms with van der Waals surface area (Å²) in [7, 11) is 0. The molecule has 0 aromatic rings. The molecule has 0 amide bonds. The van der Waals surface area contributed by atoms with Crippen molar-refractivity contribution < 1.29 is 2.85 Å². The molecular formula is C10H22Mg. The molecule has 0 bridgehead atoms. The van der Waals surface area contributed by atoms with Crippen LogP contribution in [0.3, 0.4) is 0 Å². The quantitative estimate of drug-likeness (QED) is 0.484. The number of rotatable bonds is 0. The molecule has 1 aliphatic rings. The van der Waals surface area contributed by atoms with E-state index in [9.17, 15) is 0 Å². The number of hydrogen-bond acceptors (Lipinski definition) is 0. The van der Waals surface area contributed by atoms with Crippen LogP contribution in [0, 0.1) is 11.3 Å². The van der Waals surface area contributed by atoms with Crippen molar-refractivity contribution in [2.24, 2.45) is 11.3 Å². The fourth-order valence-corrected chi connectivity index (χ4v) is 1.97. The zero-order chi connectivity index (χ0) is 7.61. The average molecular weight is 167 g/mol. The summed E-state index contributed by atoms with van der Waals surface area (Å²) < 4.78 is 0. The normalized spacial score (nSPS) is 21.0. The van der Waals surface area contributed by atoms with Gasteiger partial charge in [-0.15, -0.1) is 0 Å². The standard InChI is InChI=1S/C10H20.Mg.2H/c1-10(2,3)9-7-5-4-6-8-9;;;/h9H,4-8H2,1-3H3;;;/q;+2;2*-1. The van der Waals surface area contributed by atoms with Crippen LogP contribution in [-0.2, 0) is 0 Å². The summed E-state index contributed by atoms with van der Waals surface area (Å²) >= 11 is 0. The smallest absolute Gasteiger partial charge is 1.00 e. The molecule has 0 atom stereocenters. The van der Waals surface area contributed by atoms with Gasteiger partial charge in [0, 0.05) is 0 Å². The number of hydrogen-bond donors (Lipinski definition) is 0. The Hall–Kier alpha value is 0.766. The SMILES string of the molecule is CC(C)(C)C1CCCCC1.[H-].[H-].[Mg+2]. The van der Waals surface area contributed by atoms with Crippen molar-refractivity contribution in [1.29, 1.82) is 0 Å². The molecule has 11 heavy (non-hydrogen) atoms. The monoisotopic (exact) mass is 166 g/mol. The summed E-state index contributed by atoms with van der Waals surface area (Å²) in [5.74, 6) is 1.00. The molecule has 0 unspecified atom stereocenters. The van der Waals surface area contributed by atoms with Gasteiger partial charge >= 0.3 is 23.1 Å². The van der Waals surface area contributed by atoms with Gasteiger partial charge in [0.25, 0.3) is 0 Å². The maximum absolute atomic E-state index is 2.38. The van der Waals surface area contributed by atoms with Gasteiger partial charge in [-0.3, -0.25) is 0 Å². The predicted molar refractivity (Wildman–Crippen MR) is 54.0 cm³/mol. The Bertz CT molecular complexity index is 104. The van der Waals surface area contributed by atoms with Crippen LogP contribution in [0.25, 0.3) is 0 Å². The summed E-state index contributed by atoms with van der Waals surface area (Å²) in [4.78, 5) is 0. The van der Waals surface area contributed by atoms with Gasteiger partial charge < -0.3 is 2.85 Å². The van der Waals surface area contributed by atoms with Crippen LogP contribution in [0.2, 0.25) is 0 Å². The van der Waals surface area contributed by atoms with Gasteiger partial charge in [0.2, 0.25) is 0 Å². The zero-order valence-electron chi connectivity index (χ0n) is 10.3. The second kappa shape index (κ2) is 4.71. The van der Waals surface area contributed by atoms with E-state index in [1.54, 1.807) is 0 Å². The van der Waals surface area contributed by atoms with Crippen molar-refractivity contribution in [2.45, 2.75) is 52.9 Å². The third kappa shape index (κ3) is 3.79. The van der Waals surface area contributed by atoms with Crippen LogP contribution >= 0.6 is 0 Å². The molecule has 0 aromatic heterocycles. The fraction of sp³-hybridized carbons (Fsp3) is 1.00. The topological polar surface area (TPSA) is 0 Å². The first-order valence-electron chi connectivity index (χ1n) is 4.61. The molecule has 0 heterocycles. The molecule has 0 radical (unpaired) electrons. The van der Waals surface area contributed by atoms with E-state index in [0.29, 0.717) is 5.41 Å². The van der Waals surface area contributed by atoms with Crippen LogP contribution in [0.15, 0.2) is 0 Å². The van der Waals surface area contributed by atoms with E-state index in [2.05, 4.69) is 20.8 Å². The maximum atomic E-state index is 2.38. The van der Waals surface area contributed by atoms with Crippen molar-refractivity contribution >= 4 is 23.1 Å². The van der Waals surface area contributed by atoms with E-state index in [1.165, 1.54) is 32.1 Å². The molecule has 0 aromatic carbocycles. The Morgan fingerprint density at radius 2 is 1.45 bits per heavy atom. The molecule has 1 aliphatic carbocycles. The Balaban J connectivity index is -0.000000333. The van der Waals surface area contributed by atoms with E-state index in [0.717, 1.165) is 5.92 Å². The summed E-state index contributed by atoms with van der Waals surface area (Å²) in [6.07, 6.45) is 7.38. The van der Waals surface area contributed by atoms with Crippen molar-refractivity contribution in [3.63, 3.8) is 0 Å². The van der Waals surface area contributed by atoms with Crippen LogP contribution in [0.1, 0.15) is 55.7 Å². The third-order valence-corrected chi connectivity index (χ3v) is 2.83. The Labute approximate surface area is 90.3 Å². The molecule has 64 valence electrons. The second-order valence-corrected chi connectivity index (χ2v) is 4.70. The maximum Gasteiger partial charge on any atom is 2.00 e. The van der Waals surface area contributed by atoms with Gasteiger partial charge in [0.15, 0.2) is 0 Å². The molecule has 1 saturated carbocycles. The Kier molecular flexibility index (Phi) is 5.04. The largest absolute Gasteiger partial charge is 2.00 e. The first-order valence-corrected chi connectivity index (χ1v) is 4.61. The van der Waals surface area contributed by atoms with E-state index in [4.69, 9.17) is 0 Å². The molecule has 0 aliphatic heterocycles. The third-order valence-electron chi connectivity index (χ3n) is 2.83. The average Bonchev–Trinajstić information content (AvgIpc) is 1.88. The molecule has 0 saturated heterocycles. The second-order valence-electron chi connectivity index (χ2n) is 4.70. The first kappa shape index (κ1) is 11.8. The fourth-order valence-electron chi connectivity index (χ4n) is 1.97. The molecule has 0 N–H and O–H groups in total. The minimum absolute atomic E-state index is 0. The summed E-state index contributed by atoms with van der Waals surface area (Å²) in [5.41, 5.74) is 0.570. The van der Waals surface area contributed by atoms with Gasteiger partial charge in [-0.2, -0.15) is 0 Å². The van der Waals surface area contributed by atoms with Crippen LogP contribution in [0.4, 0.5) is 0 Å². The van der Waals surface area contributed by atoms with Gasteiger partial charge in [-0.1, -0.05) is 40.0 Å². The van der Waals surface area contributed by atoms with Gasteiger partial charge in [-0.05, 0) is 24.2 Å². The molecular weight excluding hydrogens is 144 g/mol. The Morgan fingerprint density at radius 1 is 1.00 bits per heavy atom. The van der Waals surface area contributed by atoms with Crippen LogP contribution in [0.5, 0.6) is 0 Å². The van der Waals surface area contributed by atoms with Crippen molar-refractivity contribution in [2.75, 3.05) is 0 Å².